The number of rotatable bonds is 9. The van der Waals surface area contributed by atoms with Crippen LogP contribution in [0.3, 0.4) is 0 Å². The van der Waals surface area contributed by atoms with Crippen LogP contribution in [-0.2, 0) is 19.8 Å². The summed E-state index contributed by atoms with van der Waals surface area (Å²) in [6, 6.07) is 11.2. The van der Waals surface area contributed by atoms with Crippen molar-refractivity contribution in [1.29, 1.82) is 0 Å². The predicted molar refractivity (Wildman–Crippen MR) is 84.7 cm³/mol. The fourth-order valence-corrected chi connectivity index (χ4v) is 3.54. The molecular weight excluding hydrogens is 326 g/mol. The fourth-order valence-electron chi connectivity index (χ4n) is 1.81. The van der Waals surface area contributed by atoms with Gasteiger partial charge in [-0.1, -0.05) is 30.3 Å². The van der Waals surface area contributed by atoms with Gasteiger partial charge in [-0.15, -0.1) is 17.0 Å². The first kappa shape index (κ1) is 18.8. The second-order valence-electron chi connectivity index (χ2n) is 4.06. The summed E-state index contributed by atoms with van der Waals surface area (Å²) >= 11 is 0. The lowest BCUT2D eigenvalue weighted by Crippen LogP contribution is -2.43. The zero-order valence-corrected chi connectivity index (χ0v) is 14.6. The number of nitrogens with one attached hydrogen (secondary N) is 1. The van der Waals surface area contributed by atoms with Gasteiger partial charge in [0.05, 0.1) is 0 Å². The van der Waals surface area contributed by atoms with Crippen molar-refractivity contribution in [1.82, 2.24) is 5.32 Å². The van der Waals surface area contributed by atoms with Gasteiger partial charge >= 0.3 is 8.80 Å². The average Bonchev–Trinajstić information content (AvgIpc) is 2.45. The number of halogens is 1. The van der Waals surface area contributed by atoms with E-state index in [1.807, 2.05) is 6.07 Å². The molecule has 0 bridgehead atoms. The van der Waals surface area contributed by atoms with Gasteiger partial charge in [0.15, 0.2) is 0 Å². The molecule has 110 valence electrons. The lowest BCUT2D eigenvalue weighted by atomic mass is 10.2. The van der Waals surface area contributed by atoms with Crippen LogP contribution in [-0.4, -0.2) is 36.7 Å². The minimum absolute atomic E-state index is 0. The van der Waals surface area contributed by atoms with Crippen LogP contribution in [0.1, 0.15) is 12.0 Å². The lowest BCUT2D eigenvalue weighted by Gasteiger charge is -2.24. The highest BCUT2D eigenvalue weighted by atomic mass is 79.9. The second-order valence-corrected chi connectivity index (χ2v) is 7.15. The van der Waals surface area contributed by atoms with Crippen molar-refractivity contribution in [3.63, 3.8) is 0 Å². The zero-order valence-electron chi connectivity index (χ0n) is 11.8. The van der Waals surface area contributed by atoms with E-state index in [1.54, 1.807) is 21.3 Å². The first-order valence-corrected chi connectivity index (χ1v) is 8.09. The third-order valence-corrected chi connectivity index (χ3v) is 5.77. The Morgan fingerprint density at radius 1 is 1.00 bits per heavy atom. The van der Waals surface area contributed by atoms with Crippen molar-refractivity contribution in [3.05, 3.63) is 35.9 Å². The van der Waals surface area contributed by atoms with Crippen molar-refractivity contribution >= 4 is 25.8 Å². The summed E-state index contributed by atoms with van der Waals surface area (Å²) in [7, 11) is 2.56. The Labute approximate surface area is 127 Å². The highest BCUT2D eigenvalue weighted by Crippen LogP contribution is 2.14. The quantitative estimate of drug-likeness (QED) is 0.549. The van der Waals surface area contributed by atoms with E-state index < -0.39 is 8.80 Å². The fraction of sp³-hybridized carbons (Fsp3) is 0.538. The molecule has 1 N–H and O–H groups in total. The molecule has 0 aliphatic heterocycles. The smallest absolute Gasteiger partial charge is 0.377 e. The van der Waals surface area contributed by atoms with Gasteiger partial charge < -0.3 is 18.6 Å². The van der Waals surface area contributed by atoms with Gasteiger partial charge in [0.2, 0.25) is 0 Å². The van der Waals surface area contributed by atoms with E-state index in [-0.39, 0.29) is 17.0 Å². The molecule has 0 heterocycles. The maximum Gasteiger partial charge on any atom is 0.500 e. The van der Waals surface area contributed by atoms with E-state index in [0.717, 1.165) is 25.6 Å². The van der Waals surface area contributed by atoms with Gasteiger partial charge in [-0.25, -0.2) is 0 Å². The van der Waals surface area contributed by atoms with Crippen LogP contribution >= 0.6 is 17.0 Å². The Balaban J connectivity index is 0.00000324. The highest BCUT2D eigenvalue weighted by molar-refractivity contribution is 8.93. The van der Waals surface area contributed by atoms with Crippen molar-refractivity contribution in [3.8, 4) is 0 Å². The summed E-state index contributed by atoms with van der Waals surface area (Å²) < 4.78 is 16.1. The van der Waals surface area contributed by atoms with Crippen LogP contribution in [0.2, 0.25) is 6.04 Å². The Morgan fingerprint density at radius 2 is 1.58 bits per heavy atom. The van der Waals surface area contributed by atoms with Gasteiger partial charge in [-0.05, 0) is 18.5 Å². The standard InChI is InChI=1S/C13H23NO3Si.BrH/c1-15-18(16-2,17-3)11-7-10-14-12-13-8-5-4-6-9-13;/h4-6,8-9,14H,7,10-12H2,1-3H3;1H. The molecule has 1 aromatic carbocycles. The molecule has 1 rings (SSSR count). The molecule has 0 amide bonds. The SMILES string of the molecule is Br.CO[Si](CCCNCc1ccccc1)(OC)OC. The number of hydrogen-bond donors (Lipinski definition) is 1. The topological polar surface area (TPSA) is 39.7 Å². The lowest BCUT2D eigenvalue weighted by molar-refractivity contribution is 0.123. The summed E-state index contributed by atoms with van der Waals surface area (Å²) in [5.74, 6) is 0. The molecule has 0 aromatic heterocycles. The Morgan fingerprint density at radius 3 is 2.11 bits per heavy atom. The molecule has 6 heteroatoms. The second kappa shape index (κ2) is 10.5. The van der Waals surface area contributed by atoms with Crippen LogP contribution in [0.4, 0.5) is 0 Å². The molecular formula is C13H24BrNO3Si. The van der Waals surface area contributed by atoms with E-state index in [2.05, 4.69) is 29.6 Å². The van der Waals surface area contributed by atoms with Crippen molar-refractivity contribution in [2.75, 3.05) is 27.9 Å². The molecule has 0 fully saturated rings. The Bertz CT molecular complexity index is 315. The normalized spacial score (nSPS) is 11.1. The molecule has 0 spiro atoms. The third kappa shape index (κ3) is 6.65. The van der Waals surface area contributed by atoms with Gasteiger partial charge in [-0.3, -0.25) is 0 Å². The van der Waals surface area contributed by atoms with E-state index in [1.165, 1.54) is 5.56 Å². The number of hydrogen-bond acceptors (Lipinski definition) is 4. The Kier molecular flexibility index (Phi) is 10.4. The monoisotopic (exact) mass is 349 g/mol. The molecule has 0 aliphatic carbocycles. The first-order chi connectivity index (χ1) is 8.76. The summed E-state index contributed by atoms with van der Waals surface area (Å²) in [6.45, 7) is 1.82. The maximum atomic E-state index is 5.37. The molecule has 0 aliphatic rings. The van der Waals surface area contributed by atoms with Crippen molar-refractivity contribution < 1.29 is 13.3 Å². The molecule has 0 saturated heterocycles. The van der Waals surface area contributed by atoms with Gasteiger partial charge in [-0.2, -0.15) is 0 Å². The molecule has 0 unspecified atom stereocenters. The molecule has 0 radical (unpaired) electrons. The highest BCUT2D eigenvalue weighted by Gasteiger charge is 2.36. The maximum absolute atomic E-state index is 5.37. The van der Waals surface area contributed by atoms with Crippen molar-refractivity contribution in [2.45, 2.75) is 19.0 Å². The molecule has 19 heavy (non-hydrogen) atoms. The first-order valence-electron chi connectivity index (χ1n) is 6.16. The minimum Gasteiger partial charge on any atom is -0.377 e. The van der Waals surface area contributed by atoms with Crippen LogP contribution in [0.5, 0.6) is 0 Å². The molecule has 0 atom stereocenters. The van der Waals surface area contributed by atoms with Gasteiger partial charge in [0, 0.05) is 33.9 Å². The van der Waals surface area contributed by atoms with Crippen LogP contribution < -0.4 is 5.32 Å². The van der Waals surface area contributed by atoms with Crippen molar-refractivity contribution in [2.24, 2.45) is 0 Å². The van der Waals surface area contributed by atoms with E-state index in [9.17, 15) is 0 Å². The summed E-state index contributed by atoms with van der Waals surface area (Å²) in [4.78, 5) is 0. The van der Waals surface area contributed by atoms with Gasteiger partial charge in [0.25, 0.3) is 0 Å². The van der Waals surface area contributed by atoms with E-state index >= 15 is 0 Å². The molecule has 4 nitrogen and oxygen atoms in total. The van der Waals surface area contributed by atoms with Gasteiger partial charge in [0.1, 0.15) is 0 Å². The summed E-state index contributed by atoms with van der Waals surface area (Å²) in [5.41, 5.74) is 1.30. The van der Waals surface area contributed by atoms with E-state index in [4.69, 9.17) is 13.3 Å². The summed E-state index contributed by atoms with van der Waals surface area (Å²) in [5, 5.41) is 3.40. The molecule has 0 saturated carbocycles. The molecule has 1 aromatic rings. The van der Waals surface area contributed by atoms with Crippen LogP contribution in [0, 0.1) is 0 Å². The predicted octanol–water partition coefficient (Wildman–Crippen LogP) is 2.62. The largest absolute Gasteiger partial charge is 0.500 e. The van der Waals surface area contributed by atoms with Crippen LogP contribution in [0.15, 0.2) is 30.3 Å². The van der Waals surface area contributed by atoms with E-state index in [0.29, 0.717) is 0 Å². The number of benzene rings is 1. The zero-order chi connectivity index (χ0) is 13.3. The van der Waals surface area contributed by atoms with Crippen LogP contribution in [0.25, 0.3) is 0 Å². The third-order valence-electron chi connectivity index (χ3n) is 2.94. The summed E-state index contributed by atoms with van der Waals surface area (Å²) in [6.07, 6.45) is 0.981. The minimum atomic E-state index is -2.39. The Hall–Kier alpha value is -0.243. The average molecular weight is 350 g/mol.